The van der Waals surface area contributed by atoms with Gasteiger partial charge in [-0.25, -0.2) is 4.39 Å². The third-order valence-electron chi connectivity index (χ3n) is 5.40. The van der Waals surface area contributed by atoms with Crippen molar-refractivity contribution in [2.24, 2.45) is 0 Å². The summed E-state index contributed by atoms with van der Waals surface area (Å²) in [7, 11) is 0. The van der Waals surface area contributed by atoms with E-state index in [-0.39, 0.29) is 17.3 Å². The molecule has 0 radical (unpaired) electrons. The zero-order valence-corrected chi connectivity index (χ0v) is 19.0. The van der Waals surface area contributed by atoms with Gasteiger partial charge in [-0.3, -0.25) is 14.3 Å². The number of aromatic nitrogens is 3. The predicted molar refractivity (Wildman–Crippen MR) is 121 cm³/mol. The molecular formula is C23H23F4N5OS. The molecule has 1 amide bonds. The van der Waals surface area contributed by atoms with Gasteiger partial charge >= 0.3 is 6.18 Å². The Kier molecular flexibility index (Phi) is 7.52. The lowest BCUT2D eigenvalue weighted by Gasteiger charge is -2.26. The van der Waals surface area contributed by atoms with Gasteiger partial charge in [0.05, 0.1) is 17.9 Å². The van der Waals surface area contributed by atoms with Gasteiger partial charge in [-0.1, -0.05) is 24.2 Å². The Balaban J connectivity index is 1.49. The van der Waals surface area contributed by atoms with Gasteiger partial charge in [0.15, 0.2) is 11.0 Å². The summed E-state index contributed by atoms with van der Waals surface area (Å²) in [4.78, 5) is 14.7. The Hall–Kier alpha value is -2.92. The second-order valence-electron chi connectivity index (χ2n) is 7.96. The van der Waals surface area contributed by atoms with E-state index in [0.29, 0.717) is 23.2 Å². The summed E-state index contributed by atoms with van der Waals surface area (Å²) in [6.07, 6.45) is -1.07. The van der Waals surface area contributed by atoms with Gasteiger partial charge in [0.2, 0.25) is 5.91 Å². The molecule has 1 N–H and O–H groups in total. The molecule has 4 rings (SSSR count). The average molecular weight is 494 g/mol. The van der Waals surface area contributed by atoms with Crippen molar-refractivity contribution >= 4 is 23.4 Å². The van der Waals surface area contributed by atoms with Crippen LogP contribution in [0.3, 0.4) is 0 Å². The normalized spacial score (nSPS) is 14.8. The van der Waals surface area contributed by atoms with E-state index in [4.69, 9.17) is 0 Å². The quantitative estimate of drug-likeness (QED) is 0.365. The Morgan fingerprint density at radius 2 is 1.76 bits per heavy atom. The molecule has 0 aliphatic carbocycles. The minimum absolute atomic E-state index is 0.0613. The number of amides is 1. The lowest BCUT2D eigenvalue weighted by atomic mass is 10.1. The van der Waals surface area contributed by atoms with Crippen molar-refractivity contribution in [3.8, 4) is 5.69 Å². The Morgan fingerprint density at radius 3 is 2.47 bits per heavy atom. The van der Waals surface area contributed by atoms with Crippen LogP contribution in [0.25, 0.3) is 5.69 Å². The third kappa shape index (κ3) is 6.15. The number of nitrogens with one attached hydrogen (secondary N) is 1. The van der Waals surface area contributed by atoms with Crippen LogP contribution in [0.5, 0.6) is 0 Å². The maximum atomic E-state index is 13.5. The van der Waals surface area contributed by atoms with Crippen LogP contribution in [0.2, 0.25) is 0 Å². The molecule has 0 unspecified atom stereocenters. The SMILES string of the molecule is O=C(CSc1nnc(CN2CCCCC2)n1-c1ccc(F)cc1)Nc1cccc(C(F)(F)F)c1. The van der Waals surface area contributed by atoms with Gasteiger partial charge in [0, 0.05) is 11.4 Å². The topological polar surface area (TPSA) is 63.1 Å². The summed E-state index contributed by atoms with van der Waals surface area (Å²) in [5, 5.41) is 11.5. The van der Waals surface area contributed by atoms with Crippen LogP contribution in [0.15, 0.2) is 53.7 Å². The highest BCUT2D eigenvalue weighted by Gasteiger charge is 2.30. The molecule has 1 fully saturated rings. The van der Waals surface area contributed by atoms with Crippen molar-refractivity contribution in [3.05, 3.63) is 65.7 Å². The molecule has 11 heteroatoms. The summed E-state index contributed by atoms with van der Waals surface area (Å²) in [5.74, 6) is -0.256. The summed E-state index contributed by atoms with van der Waals surface area (Å²) in [6.45, 7) is 2.48. The highest BCUT2D eigenvalue weighted by atomic mass is 32.2. The number of anilines is 1. The monoisotopic (exact) mass is 493 g/mol. The number of alkyl halides is 3. The van der Waals surface area contributed by atoms with E-state index < -0.39 is 17.6 Å². The number of thioether (sulfide) groups is 1. The Bertz CT molecular complexity index is 1130. The van der Waals surface area contributed by atoms with Crippen molar-refractivity contribution in [3.63, 3.8) is 0 Å². The summed E-state index contributed by atoms with van der Waals surface area (Å²) >= 11 is 1.11. The number of halogens is 4. The average Bonchev–Trinajstić information content (AvgIpc) is 3.21. The summed E-state index contributed by atoms with van der Waals surface area (Å²) < 4.78 is 54.0. The molecule has 1 aromatic heterocycles. The summed E-state index contributed by atoms with van der Waals surface area (Å²) in [5.41, 5.74) is -0.109. The largest absolute Gasteiger partial charge is 0.416 e. The van der Waals surface area contributed by atoms with Crippen LogP contribution in [0.4, 0.5) is 23.2 Å². The van der Waals surface area contributed by atoms with Crippen molar-refractivity contribution in [2.75, 3.05) is 24.2 Å². The number of nitrogens with zero attached hydrogens (tertiary/aromatic N) is 4. The van der Waals surface area contributed by atoms with Crippen LogP contribution in [-0.4, -0.2) is 44.4 Å². The lowest BCUT2D eigenvalue weighted by molar-refractivity contribution is -0.137. The number of hydrogen-bond donors (Lipinski definition) is 1. The fraction of sp³-hybridized carbons (Fsp3) is 0.348. The third-order valence-corrected chi connectivity index (χ3v) is 6.33. The van der Waals surface area contributed by atoms with Gasteiger partial charge < -0.3 is 5.32 Å². The lowest BCUT2D eigenvalue weighted by Crippen LogP contribution is -2.30. The molecular weight excluding hydrogens is 470 g/mol. The van der Waals surface area contributed by atoms with Crippen LogP contribution in [-0.2, 0) is 17.5 Å². The number of rotatable bonds is 7. The molecule has 180 valence electrons. The van der Waals surface area contributed by atoms with E-state index >= 15 is 0 Å². The summed E-state index contributed by atoms with van der Waals surface area (Å²) in [6, 6.07) is 10.4. The second kappa shape index (κ2) is 10.6. The number of hydrogen-bond acceptors (Lipinski definition) is 5. The standard InChI is InChI=1S/C23H23F4N5OS/c24-17-7-9-19(10-8-17)32-20(14-31-11-2-1-3-12-31)29-30-22(32)34-15-21(33)28-18-6-4-5-16(13-18)23(25,26)27/h4-10,13H,1-3,11-12,14-15H2,(H,28,33). The predicted octanol–water partition coefficient (Wildman–Crippen LogP) is 5.14. The van der Waals surface area contributed by atoms with E-state index in [1.165, 1.54) is 30.7 Å². The first-order valence-electron chi connectivity index (χ1n) is 10.8. The van der Waals surface area contributed by atoms with Crippen LogP contribution in [0.1, 0.15) is 30.7 Å². The van der Waals surface area contributed by atoms with Gasteiger partial charge in [-0.15, -0.1) is 10.2 Å². The molecule has 0 saturated carbocycles. The van der Waals surface area contributed by atoms with Crippen molar-refractivity contribution < 1.29 is 22.4 Å². The van der Waals surface area contributed by atoms with E-state index in [2.05, 4.69) is 20.4 Å². The zero-order chi connectivity index (χ0) is 24.1. The number of carbonyl (C=O) groups excluding carboxylic acids is 1. The van der Waals surface area contributed by atoms with Crippen LogP contribution >= 0.6 is 11.8 Å². The van der Waals surface area contributed by atoms with Gasteiger partial charge in [-0.05, 0) is 68.4 Å². The minimum Gasteiger partial charge on any atom is -0.325 e. The van der Waals surface area contributed by atoms with Crippen molar-refractivity contribution in [2.45, 2.75) is 37.1 Å². The van der Waals surface area contributed by atoms with E-state index in [0.717, 1.165) is 49.8 Å². The van der Waals surface area contributed by atoms with Crippen LogP contribution in [0, 0.1) is 5.82 Å². The highest BCUT2D eigenvalue weighted by molar-refractivity contribution is 7.99. The minimum atomic E-state index is -4.49. The number of likely N-dealkylation sites (tertiary alicyclic amines) is 1. The van der Waals surface area contributed by atoms with Gasteiger partial charge in [0.25, 0.3) is 0 Å². The van der Waals surface area contributed by atoms with E-state index in [1.54, 1.807) is 16.7 Å². The molecule has 6 nitrogen and oxygen atoms in total. The number of benzene rings is 2. The molecule has 3 aromatic rings. The second-order valence-corrected chi connectivity index (χ2v) is 8.91. The van der Waals surface area contributed by atoms with Gasteiger partial charge in [-0.2, -0.15) is 13.2 Å². The number of piperidine rings is 1. The molecule has 0 spiro atoms. The fourth-order valence-electron chi connectivity index (χ4n) is 3.76. The molecule has 1 aliphatic rings. The molecule has 34 heavy (non-hydrogen) atoms. The molecule has 0 atom stereocenters. The maximum absolute atomic E-state index is 13.5. The molecule has 0 bridgehead atoms. The molecule has 2 heterocycles. The van der Waals surface area contributed by atoms with Gasteiger partial charge in [0.1, 0.15) is 5.82 Å². The first-order chi connectivity index (χ1) is 16.3. The molecule has 1 saturated heterocycles. The first kappa shape index (κ1) is 24.2. The smallest absolute Gasteiger partial charge is 0.325 e. The Labute approximate surface area is 198 Å². The first-order valence-corrected chi connectivity index (χ1v) is 11.8. The van der Waals surface area contributed by atoms with Crippen molar-refractivity contribution in [1.29, 1.82) is 0 Å². The van der Waals surface area contributed by atoms with E-state index in [9.17, 15) is 22.4 Å². The fourth-order valence-corrected chi connectivity index (χ4v) is 4.53. The van der Waals surface area contributed by atoms with Crippen molar-refractivity contribution in [1.82, 2.24) is 19.7 Å². The zero-order valence-electron chi connectivity index (χ0n) is 18.2. The van der Waals surface area contributed by atoms with Crippen LogP contribution < -0.4 is 5.32 Å². The molecule has 1 aliphatic heterocycles. The number of carbonyl (C=O) groups is 1. The molecule has 2 aromatic carbocycles. The highest BCUT2D eigenvalue weighted by Crippen LogP contribution is 2.31. The maximum Gasteiger partial charge on any atom is 0.416 e. The van der Waals surface area contributed by atoms with E-state index in [1.807, 2.05) is 0 Å². The Morgan fingerprint density at radius 1 is 1.03 bits per heavy atom.